The maximum Gasteiger partial charge on any atom is 0.0777 e. The summed E-state index contributed by atoms with van der Waals surface area (Å²) < 4.78 is 0. The molecule has 1 aliphatic heterocycles. The molecule has 2 nitrogen and oxygen atoms in total. The first-order valence-corrected chi connectivity index (χ1v) is 4.88. The fraction of sp³-hybridized carbons (Fsp3) is 1.00. The minimum Gasteiger partial charge on any atom is -0.389 e. The second-order valence-corrected chi connectivity index (χ2v) is 4.63. The lowest BCUT2D eigenvalue weighted by atomic mass is 9.80. The molecule has 1 aliphatic rings. The predicted octanol–water partition coefficient (Wildman–Crippen LogP) is 1.49. The van der Waals surface area contributed by atoms with Gasteiger partial charge in [-0.05, 0) is 39.3 Å². The molecule has 0 aromatic carbocycles. The first kappa shape index (κ1) is 10.0. The van der Waals surface area contributed by atoms with Crippen LogP contribution in [-0.4, -0.2) is 35.2 Å². The highest BCUT2D eigenvalue weighted by Crippen LogP contribution is 2.30. The van der Waals surface area contributed by atoms with Crippen molar-refractivity contribution in [2.24, 2.45) is 5.92 Å². The third-order valence-corrected chi connectivity index (χ3v) is 2.94. The Morgan fingerprint density at radius 1 is 1.50 bits per heavy atom. The van der Waals surface area contributed by atoms with Crippen LogP contribution in [0.4, 0.5) is 0 Å². The van der Waals surface area contributed by atoms with Gasteiger partial charge in [-0.3, -0.25) is 0 Å². The summed E-state index contributed by atoms with van der Waals surface area (Å²) >= 11 is 0. The third-order valence-electron chi connectivity index (χ3n) is 2.94. The summed E-state index contributed by atoms with van der Waals surface area (Å²) in [5, 5.41) is 10.1. The number of nitrogens with zero attached hydrogens (tertiary/aromatic N) is 1. The zero-order chi connectivity index (χ0) is 9.35. The van der Waals surface area contributed by atoms with Crippen molar-refractivity contribution in [2.45, 2.75) is 45.3 Å². The molecule has 0 aliphatic carbocycles. The molecule has 0 bridgehead atoms. The Balaban J connectivity index is 2.74. The molecule has 0 saturated carbocycles. The molecule has 0 aromatic rings. The number of likely N-dealkylation sites (tertiary alicyclic amines) is 1. The number of likely N-dealkylation sites (N-methyl/N-ethyl adjacent to an activating group) is 1. The van der Waals surface area contributed by atoms with E-state index in [-0.39, 0.29) is 0 Å². The Bertz CT molecular complexity index is 154. The van der Waals surface area contributed by atoms with Crippen LogP contribution in [0.1, 0.15) is 33.6 Å². The van der Waals surface area contributed by atoms with Crippen molar-refractivity contribution in [3.63, 3.8) is 0 Å². The van der Waals surface area contributed by atoms with Crippen LogP contribution in [0, 0.1) is 5.92 Å². The Hall–Kier alpha value is -0.0800. The highest BCUT2D eigenvalue weighted by atomic mass is 16.3. The van der Waals surface area contributed by atoms with E-state index in [1.165, 1.54) is 0 Å². The monoisotopic (exact) mass is 171 g/mol. The summed E-state index contributed by atoms with van der Waals surface area (Å²) in [5.41, 5.74) is -0.485. The summed E-state index contributed by atoms with van der Waals surface area (Å²) in [6.07, 6.45) is 2.06. The highest BCUT2D eigenvalue weighted by Gasteiger charge is 2.39. The lowest BCUT2D eigenvalue weighted by Crippen LogP contribution is -2.56. The minimum atomic E-state index is -0.485. The van der Waals surface area contributed by atoms with Gasteiger partial charge in [0.05, 0.1) is 5.60 Å². The lowest BCUT2D eigenvalue weighted by molar-refractivity contribution is -0.0758. The second-order valence-electron chi connectivity index (χ2n) is 4.63. The van der Waals surface area contributed by atoms with Gasteiger partial charge in [0, 0.05) is 6.04 Å². The summed E-state index contributed by atoms with van der Waals surface area (Å²) in [7, 11) is 2.11. The molecule has 2 unspecified atom stereocenters. The van der Waals surface area contributed by atoms with Gasteiger partial charge in [-0.1, -0.05) is 13.8 Å². The molecule has 0 amide bonds. The van der Waals surface area contributed by atoms with E-state index in [1.54, 1.807) is 0 Å². The highest BCUT2D eigenvalue weighted by molar-refractivity contribution is 4.94. The lowest BCUT2D eigenvalue weighted by Gasteiger charge is -2.45. The normalized spacial score (nSPS) is 39.0. The van der Waals surface area contributed by atoms with E-state index in [0.29, 0.717) is 12.0 Å². The zero-order valence-electron chi connectivity index (χ0n) is 8.67. The SMILES string of the molecule is CC(C)C1N(C)CCCC1(C)O. The van der Waals surface area contributed by atoms with E-state index in [1.807, 2.05) is 6.92 Å². The smallest absolute Gasteiger partial charge is 0.0777 e. The van der Waals surface area contributed by atoms with Gasteiger partial charge in [0.1, 0.15) is 0 Å². The van der Waals surface area contributed by atoms with Gasteiger partial charge in [0.2, 0.25) is 0 Å². The first-order chi connectivity index (χ1) is 5.45. The van der Waals surface area contributed by atoms with Gasteiger partial charge in [-0.2, -0.15) is 0 Å². The summed E-state index contributed by atoms with van der Waals surface area (Å²) in [4.78, 5) is 2.29. The van der Waals surface area contributed by atoms with Crippen molar-refractivity contribution >= 4 is 0 Å². The maximum atomic E-state index is 10.1. The van der Waals surface area contributed by atoms with Crippen molar-refractivity contribution in [1.82, 2.24) is 4.90 Å². The molecule has 2 heteroatoms. The van der Waals surface area contributed by atoms with Crippen LogP contribution in [0.3, 0.4) is 0 Å². The van der Waals surface area contributed by atoms with E-state index >= 15 is 0 Å². The van der Waals surface area contributed by atoms with Gasteiger partial charge in [0.15, 0.2) is 0 Å². The quantitative estimate of drug-likeness (QED) is 0.646. The molecular formula is C10H21NO. The van der Waals surface area contributed by atoms with Gasteiger partial charge in [-0.25, -0.2) is 0 Å². The van der Waals surface area contributed by atoms with Crippen LogP contribution < -0.4 is 0 Å². The average molecular weight is 171 g/mol. The van der Waals surface area contributed by atoms with Crippen LogP contribution >= 0.6 is 0 Å². The van der Waals surface area contributed by atoms with Crippen LogP contribution in [0.15, 0.2) is 0 Å². The molecule has 0 radical (unpaired) electrons. The van der Waals surface area contributed by atoms with Crippen molar-refractivity contribution in [2.75, 3.05) is 13.6 Å². The van der Waals surface area contributed by atoms with Gasteiger partial charge >= 0.3 is 0 Å². The maximum absolute atomic E-state index is 10.1. The second kappa shape index (κ2) is 3.35. The third kappa shape index (κ3) is 1.80. The summed E-state index contributed by atoms with van der Waals surface area (Å²) in [6.45, 7) is 7.45. The van der Waals surface area contributed by atoms with Crippen molar-refractivity contribution in [3.8, 4) is 0 Å². The number of piperidine rings is 1. The van der Waals surface area contributed by atoms with Crippen LogP contribution in [0.25, 0.3) is 0 Å². The molecule has 1 fully saturated rings. The molecular weight excluding hydrogens is 150 g/mol. The topological polar surface area (TPSA) is 23.5 Å². The number of rotatable bonds is 1. The van der Waals surface area contributed by atoms with Crippen molar-refractivity contribution < 1.29 is 5.11 Å². The van der Waals surface area contributed by atoms with Crippen molar-refractivity contribution in [1.29, 1.82) is 0 Å². The molecule has 72 valence electrons. The largest absolute Gasteiger partial charge is 0.389 e. The fourth-order valence-electron chi connectivity index (χ4n) is 2.68. The molecule has 1 heterocycles. The zero-order valence-corrected chi connectivity index (χ0v) is 8.67. The first-order valence-electron chi connectivity index (χ1n) is 4.88. The van der Waals surface area contributed by atoms with E-state index in [0.717, 1.165) is 19.4 Å². The van der Waals surface area contributed by atoms with Crippen molar-refractivity contribution in [3.05, 3.63) is 0 Å². The number of hydrogen-bond acceptors (Lipinski definition) is 2. The Labute approximate surface area is 75.6 Å². The Kier molecular flexibility index (Phi) is 2.79. The Morgan fingerprint density at radius 2 is 2.08 bits per heavy atom. The standard InChI is InChI=1S/C10H21NO/c1-8(2)9-10(3,12)6-5-7-11(9)4/h8-9,12H,5-7H2,1-4H3. The van der Waals surface area contributed by atoms with Gasteiger partial charge < -0.3 is 10.0 Å². The van der Waals surface area contributed by atoms with E-state index < -0.39 is 5.60 Å². The van der Waals surface area contributed by atoms with E-state index in [9.17, 15) is 5.11 Å². The molecule has 0 spiro atoms. The number of hydrogen-bond donors (Lipinski definition) is 1. The Morgan fingerprint density at radius 3 is 2.42 bits per heavy atom. The summed E-state index contributed by atoms with van der Waals surface area (Å²) in [5.74, 6) is 0.533. The number of aliphatic hydroxyl groups is 1. The molecule has 2 atom stereocenters. The predicted molar refractivity (Wildman–Crippen MR) is 51.1 cm³/mol. The van der Waals surface area contributed by atoms with E-state index in [2.05, 4.69) is 25.8 Å². The molecule has 12 heavy (non-hydrogen) atoms. The van der Waals surface area contributed by atoms with Gasteiger partial charge in [0.25, 0.3) is 0 Å². The average Bonchev–Trinajstić information content (AvgIpc) is 1.82. The molecule has 1 N–H and O–H groups in total. The summed E-state index contributed by atoms with van der Waals surface area (Å²) in [6, 6.07) is 0.325. The van der Waals surface area contributed by atoms with Crippen LogP contribution in [-0.2, 0) is 0 Å². The fourth-order valence-corrected chi connectivity index (χ4v) is 2.68. The minimum absolute atomic E-state index is 0.325. The molecule has 1 saturated heterocycles. The van der Waals surface area contributed by atoms with E-state index in [4.69, 9.17) is 0 Å². The van der Waals surface area contributed by atoms with Crippen LogP contribution in [0.5, 0.6) is 0 Å². The molecule has 0 aromatic heterocycles. The molecule has 1 rings (SSSR count). The van der Waals surface area contributed by atoms with Gasteiger partial charge in [-0.15, -0.1) is 0 Å². The van der Waals surface area contributed by atoms with Crippen LogP contribution in [0.2, 0.25) is 0 Å².